The van der Waals surface area contributed by atoms with Crippen LogP contribution in [-0.2, 0) is 6.54 Å². The second-order valence-electron chi connectivity index (χ2n) is 3.45. The van der Waals surface area contributed by atoms with Gasteiger partial charge < -0.3 is 10.5 Å². The summed E-state index contributed by atoms with van der Waals surface area (Å²) in [6, 6.07) is 4.55. The molecule has 0 atom stereocenters. The van der Waals surface area contributed by atoms with Gasteiger partial charge in [-0.3, -0.25) is 4.98 Å². The lowest BCUT2D eigenvalue weighted by Gasteiger charge is -2.06. The van der Waals surface area contributed by atoms with Crippen molar-refractivity contribution in [3.63, 3.8) is 0 Å². The second kappa shape index (κ2) is 4.88. The smallest absolute Gasteiger partial charge is 0.165 e. The number of nitrogens with two attached hydrogens (primary N) is 1. The van der Waals surface area contributed by atoms with E-state index in [2.05, 4.69) is 9.97 Å². The molecule has 0 unspecified atom stereocenters. The van der Waals surface area contributed by atoms with Gasteiger partial charge in [0, 0.05) is 18.3 Å². The minimum atomic E-state index is -0.404. The van der Waals surface area contributed by atoms with Crippen LogP contribution in [0.25, 0.3) is 11.3 Å². The van der Waals surface area contributed by atoms with Gasteiger partial charge in [-0.25, -0.2) is 9.37 Å². The molecule has 0 radical (unpaired) electrons. The summed E-state index contributed by atoms with van der Waals surface area (Å²) in [5.41, 5.74) is 7.56. The zero-order valence-electron chi connectivity index (χ0n) is 9.35. The molecule has 4 nitrogen and oxygen atoms in total. The normalized spacial score (nSPS) is 10.3. The summed E-state index contributed by atoms with van der Waals surface area (Å²) in [6.45, 7) is 0.319. The largest absolute Gasteiger partial charge is 0.494 e. The summed E-state index contributed by atoms with van der Waals surface area (Å²) in [6.07, 6.45) is 3.20. The average molecular weight is 233 g/mol. The number of methoxy groups -OCH3 is 1. The number of nitrogens with zero attached hydrogens (tertiary/aromatic N) is 2. The third kappa shape index (κ3) is 2.39. The van der Waals surface area contributed by atoms with Gasteiger partial charge in [-0.1, -0.05) is 0 Å². The van der Waals surface area contributed by atoms with Crippen molar-refractivity contribution in [3.05, 3.63) is 42.1 Å². The average Bonchev–Trinajstić information content (AvgIpc) is 2.39. The first-order chi connectivity index (χ1) is 8.24. The van der Waals surface area contributed by atoms with Crippen LogP contribution in [-0.4, -0.2) is 17.1 Å². The summed E-state index contributed by atoms with van der Waals surface area (Å²) in [7, 11) is 1.42. The van der Waals surface area contributed by atoms with Gasteiger partial charge in [-0.15, -0.1) is 0 Å². The Bertz CT molecular complexity index is 531. The van der Waals surface area contributed by atoms with Crippen LogP contribution >= 0.6 is 0 Å². The molecule has 1 aromatic heterocycles. The summed E-state index contributed by atoms with van der Waals surface area (Å²) in [4.78, 5) is 8.33. The van der Waals surface area contributed by atoms with Crippen molar-refractivity contribution in [2.45, 2.75) is 6.54 Å². The topological polar surface area (TPSA) is 61.0 Å². The molecule has 0 saturated heterocycles. The van der Waals surface area contributed by atoms with E-state index in [1.54, 1.807) is 24.5 Å². The lowest BCUT2D eigenvalue weighted by Crippen LogP contribution is -2.01. The first kappa shape index (κ1) is 11.5. The zero-order valence-corrected chi connectivity index (χ0v) is 9.35. The van der Waals surface area contributed by atoms with Crippen molar-refractivity contribution in [1.82, 2.24) is 9.97 Å². The molecular weight excluding hydrogens is 221 g/mol. The molecule has 0 bridgehead atoms. The molecule has 2 N–H and O–H groups in total. The molecule has 1 aromatic carbocycles. The monoisotopic (exact) mass is 233 g/mol. The molecule has 88 valence electrons. The standard InChI is InChI=1S/C12H12FN3O/c1-17-12-4-8(2-3-10(12)13)11-7-15-6-9(5-14)16-11/h2-4,6-7H,5,14H2,1H3. The van der Waals surface area contributed by atoms with E-state index >= 15 is 0 Å². The second-order valence-corrected chi connectivity index (χ2v) is 3.45. The van der Waals surface area contributed by atoms with Gasteiger partial charge in [0.15, 0.2) is 11.6 Å². The first-order valence-electron chi connectivity index (χ1n) is 5.09. The summed E-state index contributed by atoms with van der Waals surface area (Å²) < 4.78 is 18.2. The molecular formula is C12H12FN3O. The number of hydrogen-bond donors (Lipinski definition) is 1. The van der Waals surface area contributed by atoms with E-state index in [0.717, 1.165) is 5.56 Å². The molecule has 0 aliphatic heterocycles. The third-order valence-corrected chi connectivity index (χ3v) is 2.34. The predicted molar refractivity (Wildman–Crippen MR) is 61.9 cm³/mol. The summed E-state index contributed by atoms with van der Waals surface area (Å²) in [5.74, 6) is -0.221. The predicted octanol–water partition coefficient (Wildman–Crippen LogP) is 1.75. The van der Waals surface area contributed by atoms with E-state index in [4.69, 9.17) is 10.5 Å². The summed E-state index contributed by atoms with van der Waals surface area (Å²) >= 11 is 0. The van der Waals surface area contributed by atoms with Crippen LogP contribution in [0.1, 0.15) is 5.69 Å². The highest BCUT2D eigenvalue weighted by atomic mass is 19.1. The molecule has 2 rings (SSSR count). The fourth-order valence-corrected chi connectivity index (χ4v) is 1.46. The number of ether oxygens (including phenoxy) is 1. The lowest BCUT2D eigenvalue weighted by atomic mass is 10.1. The van der Waals surface area contributed by atoms with Gasteiger partial charge in [0.05, 0.1) is 24.7 Å². The Labute approximate surface area is 98.3 Å². The Kier molecular flexibility index (Phi) is 3.30. The minimum Gasteiger partial charge on any atom is -0.494 e. The van der Waals surface area contributed by atoms with Crippen LogP contribution in [0, 0.1) is 5.82 Å². The number of hydrogen-bond acceptors (Lipinski definition) is 4. The summed E-state index contributed by atoms with van der Waals surface area (Å²) in [5, 5.41) is 0. The van der Waals surface area contributed by atoms with E-state index < -0.39 is 5.82 Å². The van der Waals surface area contributed by atoms with Crippen molar-refractivity contribution in [3.8, 4) is 17.0 Å². The van der Waals surface area contributed by atoms with Crippen molar-refractivity contribution < 1.29 is 9.13 Å². The Hall–Kier alpha value is -2.01. The van der Waals surface area contributed by atoms with Crippen LogP contribution in [0.3, 0.4) is 0 Å². The highest BCUT2D eigenvalue weighted by molar-refractivity contribution is 5.60. The first-order valence-corrected chi connectivity index (χ1v) is 5.09. The van der Waals surface area contributed by atoms with E-state index in [0.29, 0.717) is 17.9 Å². The van der Waals surface area contributed by atoms with Gasteiger partial charge >= 0.3 is 0 Å². The maximum absolute atomic E-state index is 13.3. The SMILES string of the molecule is COc1cc(-c2cncc(CN)n2)ccc1F. The number of aromatic nitrogens is 2. The molecule has 0 aliphatic carbocycles. The Morgan fingerprint density at radius 1 is 1.35 bits per heavy atom. The van der Waals surface area contributed by atoms with Crippen molar-refractivity contribution in [2.24, 2.45) is 5.73 Å². The van der Waals surface area contributed by atoms with Gasteiger partial charge in [0.2, 0.25) is 0 Å². The van der Waals surface area contributed by atoms with Crippen LogP contribution < -0.4 is 10.5 Å². The molecule has 5 heteroatoms. The van der Waals surface area contributed by atoms with E-state index in [-0.39, 0.29) is 5.75 Å². The Balaban J connectivity index is 2.45. The zero-order chi connectivity index (χ0) is 12.3. The molecule has 0 fully saturated rings. The third-order valence-electron chi connectivity index (χ3n) is 2.34. The highest BCUT2D eigenvalue weighted by Crippen LogP contribution is 2.24. The van der Waals surface area contributed by atoms with Crippen LogP contribution in [0.15, 0.2) is 30.6 Å². The van der Waals surface area contributed by atoms with E-state index in [9.17, 15) is 4.39 Å². The molecule has 17 heavy (non-hydrogen) atoms. The van der Waals surface area contributed by atoms with Gasteiger partial charge in [0.1, 0.15) is 0 Å². The van der Waals surface area contributed by atoms with Crippen LogP contribution in [0.5, 0.6) is 5.75 Å². The van der Waals surface area contributed by atoms with Gasteiger partial charge in [-0.2, -0.15) is 0 Å². The molecule has 0 amide bonds. The number of halogens is 1. The Morgan fingerprint density at radius 3 is 2.88 bits per heavy atom. The van der Waals surface area contributed by atoms with Gasteiger partial charge in [-0.05, 0) is 18.2 Å². The maximum atomic E-state index is 13.3. The van der Waals surface area contributed by atoms with Crippen molar-refractivity contribution in [1.29, 1.82) is 0 Å². The lowest BCUT2D eigenvalue weighted by molar-refractivity contribution is 0.387. The van der Waals surface area contributed by atoms with Gasteiger partial charge in [0.25, 0.3) is 0 Å². The highest BCUT2D eigenvalue weighted by Gasteiger charge is 2.07. The van der Waals surface area contributed by atoms with Crippen molar-refractivity contribution >= 4 is 0 Å². The maximum Gasteiger partial charge on any atom is 0.165 e. The number of benzene rings is 1. The fraction of sp³-hybridized carbons (Fsp3) is 0.167. The number of rotatable bonds is 3. The van der Waals surface area contributed by atoms with E-state index in [1.165, 1.54) is 13.2 Å². The van der Waals surface area contributed by atoms with E-state index in [1.807, 2.05) is 0 Å². The molecule has 0 saturated carbocycles. The minimum absolute atomic E-state index is 0.183. The molecule has 0 spiro atoms. The quantitative estimate of drug-likeness (QED) is 0.877. The van der Waals surface area contributed by atoms with Crippen LogP contribution in [0.4, 0.5) is 4.39 Å². The van der Waals surface area contributed by atoms with Crippen LogP contribution in [0.2, 0.25) is 0 Å². The fourth-order valence-electron chi connectivity index (χ4n) is 1.46. The Morgan fingerprint density at radius 2 is 2.18 bits per heavy atom. The molecule has 0 aliphatic rings. The van der Waals surface area contributed by atoms with Crippen molar-refractivity contribution in [2.75, 3.05) is 7.11 Å². The molecule has 1 heterocycles. The molecule has 2 aromatic rings.